The third kappa shape index (κ3) is 4.54. The van der Waals surface area contributed by atoms with Crippen LogP contribution >= 0.6 is 0 Å². The number of hydrogen-bond donors (Lipinski definition) is 1. The first-order chi connectivity index (χ1) is 13.7. The second kappa shape index (κ2) is 9.71. The lowest BCUT2D eigenvalue weighted by Gasteiger charge is -2.15. The van der Waals surface area contributed by atoms with Gasteiger partial charge in [0, 0.05) is 6.61 Å². The fraction of sp³-hybridized carbons (Fsp3) is 0.333. The van der Waals surface area contributed by atoms with Crippen molar-refractivity contribution in [1.82, 2.24) is 0 Å². The van der Waals surface area contributed by atoms with E-state index in [0.29, 0.717) is 0 Å². The molecule has 0 spiro atoms. The molecule has 0 aliphatic heterocycles. The van der Waals surface area contributed by atoms with Gasteiger partial charge in [-0.2, -0.15) is 0 Å². The molecule has 3 aromatic rings. The third-order valence-electron chi connectivity index (χ3n) is 5.64. The number of aliphatic hydroxyl groups excluding tert-OH is 1. The molecule has 1 N–H and O–H groups in total. The first-order valence-corrected chi connectivity index (χ1v) is 10.6. The fourth-order valence-electron chi connectivity index (χ4n) is 3.92. The van der Waals surface area contributed by atoms with Gasteiger partial charge in [0.2, 0.25) is 0 Å². The van der Waals surface area contributed by atoms with Crippen molar-refractivity contribution in [2.75, 3.05) is 6.61 Å². The maximum atomic E-state index is 9.09. The van der Waals surface area contributed by atoms with Gasteiger partial charge in [0.1, 0.15) is 0 Å². The Morgan fingerprint density at radius 2 is 1.18 bits per heavy atom. The van der Waals surface area contributed by atoms with Crippen LogP contribution in [-0.2, 0) is 25.7 Å². The molecule has 0 amide bonds. The van der Waals surface area contributed by atoms with Crippen LogP contribution in [0.1, 0.15) is 49.4 Å². The topological polar surface area (TPSA) is 20.2 Å². The number of aryl methyl sites for hydroxylation is 4. The Hall–Kier alpha value is -2.38. The van der Waals surface area contributed by atoms with Crippen LogP contribution in [0.25, 0.3) is 22.3 Å². The average Bonchev–Trinajstić information content (AvgIpc) is 2.77. The summed E-state index contributed by atoms with van der Waals surface area (Å²) < 4.78 is 0. The molecule has 146 valence electrons. The molecule has 1 heteroatoms. The molecule has 0 fully saturated rings. The molecule has 0 aromatic heterocycles. The van der Waals surface area contributed by atoms with Gasteiger partial charge in [0.05, 0.1) is 0 Å². The first-order valence-electron chi connectivity index (χ1n) is 10.6. The molecule has 0 aliphatic rings. The predicted octanol–water partition coefficient (Wildman–Crippen LogP) is 6.63. The molecular formula is C27H32O. The Kier molecular flexibility index (Phi) is 7.06. The summed E-state index contributed by atoms with van der Waals surface area (Å²) in [6.07, 6.45) is 4.89. The van der Waals surface area contributed by atoms with Crippen LogP contribution in [0.3, 0.4) is 0 Å². The van der Waals surface area contributed by atoms with Gasteiger partial charge < -0.3 is 5.11 Å². The van der Waals surface area contributed by atoms with E-state index in [2.05, 4.69) is 81.4 Å². The lowest BCUT2D eigenvalue weighted by molar-refractivity contribution is 0.288. The van der Waals surface area contributed by atoms with Crippen LogP contribution < -0.4 is 0 Å². The van der Waals surface area contributed by atoms with Crippen molar-refractivity contribution in [2.24, 2.45) is 0 Å². The van der Waals surface area contributed by atoms with Crippen molar-refractivity contribution < 1.29 is 5.11 Å². The lowest BCUT2D eigenvalue weighted by Crippen LogP contribution is -1.95. The van der Waals surface area contributed by atoms with Crippen molar-refractivity contribution in [2.45, 2.75) is 52.9 Å². The Morgan fingerprint density at radius 1 is 0.607 bits per heavy atom. The van der Waals surface area contributed by atoms with Gasteiger partial charge >= 0.3 is 0 Å². The van der Waals surface area contributed by atoms with Crippen LogP contribution in [0.5, 0.6) is 0 Å². The molecule has 3 rings (SSSR count). The molecular weight excluding hydrogens is 340 g/mol. The number of rotatable bonds is 8. The molecule has 3 aromatic carbocycles. The van der Waals surface area contributed by atoms with E-state index >= 15 is 0 Å². The van der Waals surface area contributed by atoms with E-state index in [1.54, 1.807) is 0 Å². The van der Waals surface area contributed by atoms with Crippen LogP contribution in [0, 0.1) is 0 Å². The summed E-state index contributed by atoms with van der Waals surface area (Å²) >= 11 is 0. The molecule has 0 atom stereocenters. The Labute approximate surface area is 170 Å². The molecule has 0 saturated carbocycles. The van der Waals surface area contributed by atoms with Gasteiger partial charge in [-0.3, -0.25) is 0 Å². The van der Waals surface area contributed by atoms with Crippen molar-refractivity contribution in [3.8, 4) is 22.3 Å². The molecule has 0 bridgehead atoms. The Bertz CT molecular complexity index is 906. The van der Waals surface area contributed by atoms with Gasteiger partial charge in [0.15, 0.2) is 0 Å². The van der Waals surface area contributed by atoms with Gasteiger partial charge in [-0.1, -0.05) is 81.4 Å². The molecule has 1 nitrogen and oxygen atoms in total. The minimum atomic E-state index is 0.254. The second-order valence-electron chi connectivity index (χ2n) is 7.45. The van der Waals surface area contributed by atoms with Crippen molar-refractivity contribution >= 4 is 0 Å². The van der Waals surface area contributed by atoms with Crippen molar-refractivity contribution in [1.29, 1.82) is 0 Å². The maximum Gasteiger partial charge on any atom is 0.0434 e. The summed E-state index contributed by atoms with van der Waals surface area (Å²) in [5.41, 5.74) is 10.8. The minimum Gasteiger partial charge on any atom is -0.396 e. The van der Waals surface area contributed by atoms with Crippen LogP contribution in [0.4, 0.5) is 0 Å². The predicted molar refractivity (Wildman–Crippen MR) is 121 cm³/mol. The van der Waals surface area contributed by atoms with E-state index in [9.17, 15) is 0 Å². The highest BCUT2D eigenvalue weighted by atomic mass is 16.2. The van der Waals surface area contributed by atoms with Gasteiger partial charge in [-0.05, 0) is 76.6 Å². The van der Waals surface area contributed by atoms with E-state index in [0.717, 1.165) is 32.1 Å². The molecule has 0 aliphatic carbocycles. The Balaban J connectivity index is 1.97. The van der Waals surface area contributed by atoms with Crippen molar-refractivity contribution in [3.63, 3.8) is 0 Å². The average molecular weight is 373 g/mol. The summed E-state index contributed by atoms with van der Waals surface area (Å²) in [4.78, 5) is 0. The summed E-state index contributed by atoms with van der Waals surface area (Å²) in [5, 5.41) is 9.09. The van der Waals surface area contributed by atoms with E-state index in [4.69, 9.17) is 5.11 Å². The highest BCUT2D eigenvalue weighted by Crippen LogP contribution is 2.32. The summed E-state index contributed by atoms with van der Waals surface area (Å²) in [7, 11) is 0. The smallest absolute Gasteiger partial charge is 0.0434 e. The minimum absolute atomic E-state index is 0.254. The van der Waals surface area contributed by atoms with Crippen molar-refractivity contribution in [3.05, 3.63) is 82.9 Å². The zero-order valence-corrected chi connectivity index (χ0v) is 17.5. The van der Waals surface area contributed by atoms with E-state index in [1.807, 2.05) is 0 Å². The van der Waals surface area contributed by atoms with E-state index in [1.165, 1.54) is 44.5 Å². The SMILES string of the molecule is CCc1ccc(-c2ccc(-c3ccc(CCCO)cc3CC)cc2CC)cc1. The summed E-state index contributed by atoms with van der Waals surface area (Å²) in [6.45, 7) is 6.91. The molecule has 0 saturated heterocycles. The number of hydrogen-bond acceptors (Lipinski definition) is 1. The quantitative estimate of drug-likeness (QED) is 0.470. The summed E-state index contributed by atoms with van der Waals surface area (Å²) in [5.74, 6) is 0. The second-order valence-corrected chi connectivity index (χ2v) is 7.45. The molecule has 0 unspecified atom stereocenters. The monoisotopic (exact) mass is 372 g/mol. The van der Waals surface area contributed by atoms with E-state index in [-0.39, 0.29) is 6.61 Å². The highest BCUT2D eigenvalue weighted by Gasteiger charge is 2.10. The first kappa shape index (κ1) is 20.4. The van der Waals surface area contributed by atoms with Gasteiger partial charge in [-0.25, -0.2) is 0 Å². The number of benzene rings is 3. The maximum absolute atomic E-state index is 9.09. The zero-order valence-electron chi connectivity index (χ0n) is 17.5. The molecule has 28 heavy (non-hydrogen) atoms. The van der Waals surface area contributed by atoms with Gasteiger partial charge in [0.25, 0.3) is 0 Å². The fourth-order valence-corrected chi connectivity index (χ4v) is 3.92. The standard InChI is InChI=1S/C27H32O/c1-4-20-9-12-24(13-10-20)26-16-14-25(19-23(26)6-3)27-15-11-21(8-7-17-28)18-22(27)5-2/h9-16,18-19,28H,4-8,17H2,1-3H3. The largest absolute Gasteiger partial charge is 0.396 e. The third-order valence-corrected chi connectivity index (χ3v) is 5.64. The highest BCUT2D eigenvalue weighted by molar-refractivity contribution is 5.75. The lowest BCUT2D eigenvalue weighted by atomic mass is 9.90. The van der Waals surface area contributed by atoms with Gasteiger partial charge in [-0.15, -0.1) is 0 Å². The van der Waals surface area contributed by atoms with Crippen LogP contribution in [-0.4, -0.2) is 11.7 Å². The normalized spacial score (nSPS) is 11.0. The zero-order chi connectivity index (χ0) is 19.9. The van der Waals surface area contributed by atoms with Crippen LogP contribution in [0.15, 0.2) is 60.7 Å². The number of aliphatic hydroxyl groups is 1. The van der Waals surface area contributed by atoms with E-state index < -0.39 is 0 Å². The van der Waals surface area contributed by atoms with Crippen LogP contribution in [0.2, 0.25) is 0 Å². The summed E-state index contributed by atoms with van der Waals surface area (Å²) in [6, 6.07) is 22.7. The Morgan fingerprint density at radius 3 is 1.82 bits per heavy atom. The molecule has 0 radical (unpaired) electrons. The molecule has 0 heterocycles.